The van der Waals surface area contributed by atoms with Gasteiger partial charge in [-0.2, -0.15) is 0 Å². The van der Waals surface area contributed by atoms with E-state index in [1.165, 1.54) is 5.56 Å². The molecule has 1 aromatic heterocycles. The number of amides is 1. The van der Waals surface area contributed by atoms with Gasteiger partial charge in [-0.05, 0) is 49.5 Å². The van der Waals surface area contributed by atoms with Crippen LogP contribution in [0.2, 0.25) is 0 Å². The molecule has 4 nitrogen and oxygen atoms in total. The molecule has 1 aliphatic carbocycles. The Morgan fingerprint density at radius 1 is 1.07 bits per heavy atom. The summed E-state index contributed by atoms with van der Waals surface area (Å²) >= 11 is 0. The molecule has 2 fully saturated rings. The van der Waals surface area contributed by atoms with Crippen molar-refractivity contribution < 1.29 is 13.6 Å². The minimum Gasteiger partial charge on any atom is -0.334 e. The fraction of sp³-hybridized carbons (Fsp3) is 0.583. The maximum absolute atomic E-state index is 13.5. The zero-order valence-corrected chi connectivity index (χ0v) is 17.3. The third kappa shape index (κ3) is 3.88. The average Bonchev–Trinajstić information content (AvgIpc) is 3.15. The van der Waals surface area contributed by atoms with Gasteiger partial charge in [-0.1, -0.05) is 30.3 Å². The molecule has 1 saturated heterocycles. The van der Waals surface area contributed by atoms with Gasteiger partial charge in [-0.15, -0.1) is 0 Å². The lowest BCUT2D eigenvalue weighted by Crippen LogP contribution is -2.52. The minimum atomic E-state index is -2.47. The number of likely N-dealkylation sites (tertiary alicyclic amines) is 1. The van der Waals surface area contributed by atoms with E-state index < -0.39 is 5.92 Å². The van der Waals surface area contributed by atoms with E-state index in [1.54, 1.807) is 0 Å². The van der Waals surface area contributed by atoms with Crippen LogP contribution in [0.1, 0.15) is 60.4 Å². The molecule has 0 bridgehead atoms. The van der Waals surface area contributed by atoms with E-state index >= 15 is 0 Å². The van der Waals surface area contributed by atoms with Gasteiger partial charge in [0.1, 0.15) is 11.5 Å². The van der Waals surface area contributed by atoms with Gasteiger partial charge in [0.05, 0.1) is 0 Å². The first-order chi connectivity index (χ1) is 14.5. The minimum absolute atomic E-state index is 0.0203. The Hall–Kier alpha value is -2.24. The molecular formula is C24H29F2N3O. The van der Waals surface area contributed by atoms with Crippen LogP contribution in [-0.4, -0.2) is 38.9 Å². The first-order valence-corrected chi connectivity index (χ1v) is 11.3. The van der Waals surface area contributed by atoms with E-state index in [0.29, 0.717) is 30.4 Å². The lowest BCUT2D eigenvalue weighted by molar-refractivity contribution is -0.0542. The molecule has 160 valence electrons. The number of rotatable bonds is 4. The molecule has 0 radical (unpaired) electrons. The summed E-state index contributed by atoms with van der Waals surface area (Å²) in [5.74, 6) is -0.697. The summed E-state index contributed by atoms with van der Waals surface area (Å²) in [7, 11) is 0. The van der Waals surface area contributed by atoms with Gasteiger partial charge < -0.3 is 9.47 Å². The Kier molecular flexibility index (Phi) is 5.11. The second kappa shape index (κ2) is 7.78. The molecule has 2 unspecified atom stereocenters. The van der Waals surface area contributed by atoms with Crippen molar-refractivity contribution in [3.63, 3.8) is 0 Å². The van der Waals surface area contributed by atoms with E-state index in [0.717, 1.165) is 44.6 Å². The van der Waals surface area contributed by atoms with Crippen molar-refractivity contribution in [3.8, 4) is 0 Å². The maximum Gasteiger partial charge on any atom is 0.274 e. The molecule has 2 aromatic rings. The monoisotopic (exact) mass is 413 g/mol. The van der Waals surface area contributed by atoms with E-state index in [9.17, 15) is 13.6 Å². The van der Waals surface area contributed by atoms with Crippen molar-refractivity contribution in [2.24, 2.45) is 11.8 Å². The zero-order valence-electron chi connectivity index (χ0n) is 17.3. The highest BCUT2D eigenvalue weighted by molar-refractivity contribution is 5.93. The van der Waals surface area contributed by atoms with Gasteiger partial charge in [0, 0.05) is 44.6 Å². The molecule has 30 heavy (non-hydrogen) atoms. The van der Waals surface area contributed by atoms with Crippen LogP contribution in [0.3, 0.4) is 0 Å². The smallest absolute Gasteiger partial charge is 0.274 e. The van der Waals surface area contributed by atoms with Crippen LogP contribution in [0, 0.1) is 11.8 Å². The third-order valence-electron chi connectivity index (χ3n) is 7.40. The summed E-state index contributed by atoms with van der Waals surface area (Å²) < 4.78 is 29.1. The molecule has 1 aromatic carbocycles. The summed E-state index contributed by atoms with van der Waals surface area (Å²) in [5.41, 5.74) is 1.80. The molecule has 2 atom stereocenters. The molecule has 0 spiro atoms. The summed E-state index contributed by atoms with van der Waals surface area (Å²) in [6.45, 7) is 1.59. The first kappa shape index (κ1) is 19.7. The normalized spacial score (nSPS) is 26.1. The third-order valence-corrected chi connectivity index (χ3v) is 7.40. The molecule has 5 rings (SSSR count). The lowest BCUT2D eigenvalue weighted by Gasteiger charge is -2.40. The van der Waals surface area contributed by atoms with Gasteiger partial charge >= 0.3 is 0 Å². The SMILES string of the molecule is O=C(c1cn2c(n1)CCC(C1CCC(F)(F)CC1)C2)N1CCC1Cc1ccccc1. The van der Waals surface area contributed by atoms with Crippen molar-refractivity contribution in [2.75, 3.05) is 6.54 Å². The molecule has 1 amide bonds. The molecule has 1 saturated carbocycles. The molecule has 6 heteroatoms. The number of benzene rings is 1. The van der Waals surface area contributed by atoms with E-state index in [4.69, 9.17) is 0 Å². The molecule has 3 aliphatic rings. The van der Waals surface area contributed by atoms with Crippen molar-refractivity contribution in [1.82, 2.24) is 14.5 Å². The maximum atomic E-state index is 13.5. The Balaban J connectivity index is 1.23. The Morgan fingerprint density at radius 2 is 1.83 bits per heavy atom. The van der Waals surface area contributed by atoms with Crippen molar-refractivity contribution in [2.45, 2.75) is 69.9 Å². The predicted molar refractivity (Wildman–Crippen MR) is 111 cm³/mol. The quantitative estimate of drug-likeness (QED) is 0.727. The number of hydrogen-bond donors (Lipinski definition) is 0. The number of halogens is 2. The number of aryl methyl sites for hydroxylation is 1. The van der Waals surface area contributed by atoms with Gasteiger partial charge in [0.2, 0.25) is 5.92 Å². The Bertz CT molecular complexity index is 900. The van der Waals surface area contributed by atoms with Crippen LogP contribution in [0.5, 0.6) is 0 Å². The van der Waals surface area contributed by atoms with Crippen LogP contribution in [0.25, 0.3) is 0 Å². The van der Waals surface area contributed by atoms with Gasteiger partial charge in [0.15, 0.2) is 0 Å². The predicted octanol–water partition coefficient (Wildman–Crippen LogP) is 4.73. The van der Waals surface area contributed by atoms with E-state index in [2.05, 4.69) is 21.7 Å². The molecule has 2 aliphatic heterocycles. The number of hydrogen-bond acceptors (Lipinski definition) is 2. The number of imidazole rings is 1. The average molecular weight is 414 g/mol. The number of alkyl halides is 2. The second-order valence-corrected chi connectivity index (χ2v) is 9.32. The fourth-order valence-corrected chi connectivity index (χ4v) is 5.45. The highest BCUT2D eigenvalue weighted by atomic mass is 19.3. The van der Waals surface area contributed by atoms with Crippen LogP contribution < -0.4 is 0 Å². The largest absolute Gasteiger partial charge is 0.334 e. The van der Waals surface area contributed by atoms with E-state index in [1.807, 2.05) is 29.3 Å². The summed E-state index contributed by atoms with van der Waals surface area (Å²) in [6, 6.07) is 10.5. The number of carbonyl (C=O) groups is 1. The highest BCUT2D eigenvalue weighted by Gasteiger charge is 2.39. The topological polar surface area (TPSA) is 38.1 Å². The Labute approximate surface area is 176 Å². The second-order valence-electron chi connectivity index (χ2n) is 9.32. The first-order valence-electron chi connectivity index (χ1n) is 11.3. The molecular weight excluding hydrogens is 384 g/mol. The summed E-state index contributed by atoms with van der Waals surface area (Å²) in [4.78, 5) is 19.7. The van der Waals surface area contributed by atoms with Crippen molar-refractivity contribution in [3.05, 3.63) is 53.6 Å². The van der Waals surface area contributed by atoms with Crippen LogP contribution in [-0.2, 0) is 19.4 Å². The van der Waals surface area contributed by atoms with Gasteiger partial charge in [0.25, 0.3) is 5.91 Å². The Morgan fingerprint density at radius 3 is 2.53 bits per heavy atom. The standard InChI is InChI=1S/C24H29F2N3O/c25-24(26)11-8-18(9-12-24)19-6-7-22-27-21(16-28(22)15-19)23(30)29-13-10-20(29)14-17-4-2-1-3-5-17/h1-5,16,18-20H,6-15H2. The number of fused-ring (bicyclic) bond motifs is 1. The van der Waals surface area contributed by atoms with Crippen molar-refractivity contribution in [1.29, 1.82) is 0 Å². The zero-order chi connectivity index (χ0) is 20.7. The molecule has 3 heterocycles. The number of carbonyl (C=O) groups excluding carboxylic acids is 1. The van der Waals surface area contributed by atoms with Gasteiger partial charge in [-0.25, -0.2) is 13.8 Å². The molecule has 0 N–H and O–H groups in total. The lowest BCUT2D eigenvalue weighted by atomic mass is 9.76. The highest BCUT2D eigenvalue weighted by Crippen LogP contribution is 2.41. The fourth-order valence-electron chi connectivity index (χ4n) is 5.45. The summed E-state index contributed by atoms with van der Waals surface area (Å²) in [6.07, 6.45) is 6.90. The number of aromatic nitrogens is 2. The summed E-state index contributed by atoms with van der Waals surface area (Å²) in [5, 5.41) is 0. The van der Waals surface area contributed by atoms with Crippen molar-refractivity contribution >= 4 is 5.91 Å². The van der Waals surface area contributed by atoms with Crippen LogP contribution >= 0.6 is 0 Å². The van der Waals surface area contributed by atoms with Crippen LogP contribution in [0.4, 0.5) is 8.78 Å². The van der Waals surface area contributed by atoms with Crippen LogP contribution in [0.15, 0.2) is 36.5 Å². The van der Waals surface area contributed by atoms with E-state index in [-0.39, 0.29) is 24.8 Å². The number of nitrogens with zero attached hydrogens (tertiary/aromatic N) is 3. The van der Waals surface area contributed by atoms with Gasteiger partial charge in [-0.3, -0.25) is 4.79 Å².